The van der Waals surface area contributed by atoms with Gasteiger partial charge in [0.2, 0.25) is 10.0 Å². The third-order valence-corrected chi connectivity index (χ3v) is 5.11. The van der Waals surface area contributed by atoms with Gasteiger partial charge in [0.15, 0.2) is 11.6 Å². The van der Waals surface area contributed by atoms with E-state index in [9.17, 15) is 26.0 Å². The van der Waals surface area contributed by atoms with Crippen LogP contribution in [0, 0.1) is 5.82 Å². The van der Waals surface area contributed by atoms with Crippen LogP contribution in [0.5, 0.6) is 5.75 Å². The summed E-state index contributed by atoms with van der Waals surface area (Å²) in [6.45, 7) is 3.96. The van der Waals surface area contributed by atoms with Crippen LogP contribution in [0.4, 0.5) is 23.2 Å². The zero-order valence-corrected chi connectivity index (χ0v) is 14.8. The molecule has 5 nitrogen and oxygen atoms in total. The van der Waals surface area contributed by atoms with Gasteiger partial charge in [-0.3, -0.25) is 0 Å². The highest BCUT2D eigenvalue weighted by Gasteiger charge is 2.32. The van der Waals surface area contributed by atoms with Crippen LogP contribution >= 0.6 is 0 Å². The van der Waals surface area contributed by atoms with Crippen molar-refractivity contribution in [3.8, 4) is 5.75 Å². The summed E-state index contributed by atoms with van der Waals surface area (Å²) in [5.41, 5.74) is 0.307. The quantitative estimate of drug-likeness (QED) is 0.476. The van der Waals surface area contributed by atoms with Crippen molar-refractivity contribution in [3.63, 3.8) is 0 Å². The molecule has 1 rings (SSSR count). The van der Waals surface area contributed by atoms with E-state index in [1.54, 1.807) is 13.8 Å². The van der Waals surface area contributed by atoms with E-state index < -0.39 is 33.2 Å². The Kier molecular flexibility index (Phi) is 7.94. The van der Waals surface area contributed by atoms with Gasteiger partial charge >= 0.3 is 6.36 Å². The Morgan fingerprint density at radius 2 is 1.76 bits per heavy atom. The Bertz CT molecular complexity index is 649. The van der Waals surface area contributed by atoms with Gasteiger partial charge in [0.05, 0.1) is 5.25 Å². The molecule has 0 heterocycles. The molecular weight excluding hydrogens is 364 g/mol. The average Bonchev–Trinajstić information content (AvgIpc) is 2.47. The molecular formula is C15H22F4N2O3S. The zero-order valence-electron chi connectivity index (χ0n) is 14.0. The molecule has 0 bridgehead atoms. The first-order valence-electron chi connectivity index (χ1n) is 7.79. The molecule has 144 valence electrons. The van der Waals surface area contributed by atoms with E-state index in [-0.39, 0.29) is 0 Å². The summed E-state index contributed by atoms with van der Waals surface area (Å²) >= 11 is 0. The number of sulfonamides is 1. The van der Waals surface area contributed by atoms with Crippen molar-refractivity contribution >= 4 is 15.7 Å². The van der Waals surface area contributed by atoms with E-state index in [0.29, 0.717) is 31.6 Å². The standard InChI is InChI=1S/C15H22F4N2O3S/c1-11(2)25(22,23)21-9-5-3-4-8-20-12-6-7-13(16)14(10-12)24-15(17,18)19/h6-7,10-11,20-21H,3-5,8-9H2,1-2H3. The summed E-state index contributed by atoms with van der Waals surface area (Å²) < 4.78 is 78.9. The number of benzene rings is 1. The topological polar surface area (TPSA) is 67.4 Å². The Morgan fingerprint density at radius 1 is 1.12 bits per heavy atom. The molecule has 0 radical (unpaired) electrons. The molecule has 1 aromatic rings. The van der Waals surface area contributed by atoms with Gasteiger partial charge in [-0.25, -0.2) is 17.5 Å². The maximum absolute atomic E-state index is 13.3. The van der Waals surface area contributed by atoms with Gasteiger partial charge in [0.25, 0.3) is 0 Å². The minimum atomic E-state index is -4.96. The van der Waals surface area contributed by atoms with Crippen LogP contribution in [0.2, 0.25) is 0 Å². The second kappa shape index (κ2) is 9.23. The first-order chi connectivity index (χ1) is 11.5. The van der Waals surface area contributed by atoms with Crippen LogP contribution in [-0.4, -0.2) is 33.1 Å². The van der Waals surface area contributed by atoms with Crippen molar-refractivity contribution in [1.29, 1.82) is 0 Å². The monoisotopic (exact) mass is 386 g/mol. The number of rotatable bonds is 10. The molecule has 1 aromatic carbocycles. The van der Waals surface area contributed by atoms with E-state index in [2.05, 4.69) is 14.8 Å². The smallest absolute Gasteiger partial charge is 0.403 e. The summed E-state index contributed by atoms with van der Waals surface area (Å²) in [5, 5.41) is 2.39. The minimum Gasteiger partial charge on any atom is -0.403 e. The fraction of sp³-hybridized carbons (Fsp3) is 0.600. The molecule has 0 aliphatic rings. The number of ether oxygens (including phenoxy) is 1. The molecule has 2 N–H and O–H groups in total. The minimum absolute atomic E-state index is 0.307. The molecule has 0 saturated carbocycles. The lowest BCUT2D eigenvalue weighted by Crippen LogP contribution is -2.31. The Labute approximate surface area is 144 Å². The van der Waals surface area contributed by atoms with E-state index in [0.717, 1.165) is 18.6 Å². The highest BCUT2D eigenvalue weighted by molar-refractivity contribution is 7.90. The number of unbranched alkanes of at least 4 members (excludes halogenated alkanes) is 2. The number of alkyl halides is 3. The van der Waals surface area contributed by atoms with Crippen molar-refractivity contribution in [2.45, 2.75) is 44.7 Å². The molecule has 10 heteroatoms. The van der Waals surface area contributed by atoms with Crippen molar-refractivity contribution in [3.05, 3.63) is 24.0 Å². The number of halogens is 4. The van der Waals surface area contributed by atoms with Crippen LogP contribution in [0.3, 0.4) is 0 Å². The lowest BCUT2D eigenvalue weighted by molar-refractivity contribution is -0.275. The van der Waals surface area contributed by atoms with Gasteiger partial charge in [-0.1, -0.05) is 6.42 Å². The van der Waals surface area contributed by atoms with Crippen LogP contribution in [0.25, 0.3) is 0 Å². The lowest BCUT2D eigenvalue weighted by atomic mass is 10.2. The van der Waals surface area contributed by atoms with Gasteiger partial charge < -0.3 is 10.1 Å². The lowest BCUT2D eigenvalue weighted by Gasteiger charge is -2.12. The van der Waals surface area contributed by atoms with Crippen LogP contribution < -0.4 is 14.8 Å². The van der Waals surface area contributed by atoms with Crippen molar-refractivity contribution in [2.75, 3.05) is 18.4 Å². The molecule has 25 heavy (non-hydrogen) atoms. The predicted molar refractivity (Wildman–Crippen MR) is 87.5 cm³/mol. The van der Waals surface area contributed by atoms with Crippen LogP contribution in [0.1, 0.15) is 33.1 Å². The van der Waals surface area contributed by atoms with Gasteiger partial charge in [-0.15, -0.1) is 13.2 Å². The summed E-state index contributed by atoms with van der Waals surface area (Å²) in [5.74, 6) is -1.99. The van der Waals surface area contributed by atoms with Gasteiger partial charge in [-0.05, 0) is 38.8 Å². The first-order valence-corrected chi connectivity index (χ1v) is 9.33. The molecule has 0 spiro atoms. The SMILES string of the molecule is CC(C)S(=O)(=O)NCCCCCNc1ccc(F)c(OC(F)(F)F)c1. The fourth-order valence-corrected chi connectivity index (χ4v) is 2.62. The number of anilines is 1. The largest absolute Gasteiger partial charge is 0.573 e. The first kappa shape index (κ1) is 21.5. The molecule has 0 unspecified atom stereocenters. The van der Waals surface area contributed by atoms with Crippen molar-refractivity contribution < 1.29 is 30.7 Å². The molecule has 0 atom stereocenters. The molecule has 0 aliphatic carbocycles. The molecule has 0 fully saturated rings. The van der Waals surface area contributed by atoms with Crippen molar-refractivity contribution in [2.24, 2.45) is 0 Å². The van der Waals surface area contributed by atoms with Crippen LogP contribution in [-0.2, 0) is 10.0 Å². The number of hydrogen-bond donors (Lipinski definition) is 2. The van der Waals surface area contributed by atoms with Gasteiger partial charge in [-0.2, -0.15) is 0 Å². The second-order valence-corrected chi connectivity index (χ2v) is 7.99. The highest BCUT2D eigenvalue weighted by atomic mass is 32.2. The van der Waals surface area contributed by atoms with Gasteiger partial charge in [0, 0.05) is 24.8 Å². The fourth-order valence-electron chi connectivity index (χ4n) is 1.86. The molecule has 0 aromatic heterocycles. The summed E-state index contributed by atoms with van der Waals surface area (Å²) in [4.78, 5) is 0. The molecule has 0 saturated heterocycles. The normalized spacial score (nSPS) is 12.4. The Morgan fingerprint density at radius 3 is 2.36 bits per heavy atom. The molecule has 0 amide bonds. The third kappa shape index (κ3) is 8.39. The third-order valence-electron chi connectivity index (χ3n) is 3.26. The Hall–Kier alpha value is -1.55. The Balaban J connectivity index is 2.32. The van der Waals surface area contributed by atoms with E-state index in [1.165, 1.54) is 6.07 Å². The predicted octanol–water partition coefficient (Wildman–Crippen LogP) is 3.63. The molecule has 0 aliphatic heterocycles. The zero-order chi connectivity index (χ0) is 19.1. The highest BCUT2D eigenvalue weighted by Crippen LogP contribution is 2.28. The summed E-state index contributed by atoms with van der Waals surface area (Å²) in [7, 11) is -3.26. The second-order valence-electron chi connectivity index (χ2n) is 5.67. The van der Waals surface area contributed by atoms with E-state index in [4.69, 9.17) is 0 Å². The van der Waals surface area contributed by atoms with Crippen LogP contribution in [0.15, 0.2) is 18.2 Å². The average molecular weight is 386 g/mol. The van der Waals surface area contributed by atoms with Gasteiger partial charge in [0.1, 0.15) is 0 Å². The number of nitrogens with one attached hydrogen (secondary N) is 2. The van der Waals surface area contributed by atoms with Crippen molar-refractivity contribution in [1.82, 2.24) is 4.72 Å². The summed E-state index contributed by atoms with van der Waals surface area (Å²) in [6.07, 6.45) is -2.92. The maximum Gasteiger partial charge on any atom is 0.573 e. The maximum atomic E-state index is 13.3. The number of hydrogen-bond acceptors (Lipinski definition) is 4. The van der Waals surface area contributed by atoms with E-state index >= 15 is 0 Å². The summed E-state index contributed by atoms with van der Waals surface area (Å²) in [6, 6.07) is 3.15. The van der Waals surface area contributed by atoms with E-state index in [1.807, 2.05) is 0 Å².